The topological polar surface area (TPSA) is 82.3 Å². The number of fused-ring (bicyclic) bond motifs is 1. The van der Waals surface area contributed by atoms with Crippen LogP contribution in [-0.2, 0) is 18.9 Å². The summed E-state index contributed by atoms with van der Waals surface area (Å²) in [6.45, 7) is 0.401. The molecule has 2 heterocycles. The van der Waals surface area contributed by atoms with Gasteiger partial charge >= 0.3 is 5.69 Å². The Balaban J connectivity index is 1.94. The molecule has 0 fully saturated rings. The van der Waals surface area contributed by atoms with Crippen molar-refractivity contribution >= 4 is 23.2 Å². The van der Waals surface area contributed by atoms with E-state index in [2.05, 4.69) is 5.32 Å². The van der Waals surface area contributed by atoms with E-state index in [0.29, 0.717) is 29.4 Å². The number of ether oxygens (including phenoxy) is 1. The van der Waals surface area contributed by atoms with E-state index in [9.17, 15) is 14.4 Å². The summed E-state index contributed by atoms with van der Waals surface area (Å²) in [5, 5.41) is 3.13. The molecule has 1 N–H and O–H groups in total. The van der Waals surface area contributed by atoms with Crippen LogP contribution in [0.1, 0.15) is 17.9 Å². The summed E-state index contributed by atoms with van der Waals surface area (Å²) in [5.41, 5.74) is -0.265. The zero-order chi connectivity index (χ0) is 17.4. The number of carbonyl (C=O) groups excluding carboxylic acids is 1. The maximum absolute atomic E-state index is 12.7. The summed E-state index contributed by atoms with van der Waals surface area (Å²) in [6.07, 6.45) is 1.80. The minimum Gasteiger partial charge on any atom is -0.493 e. The van der Waals surface area contributed by atoms with Crippen LogP contribution in [0.15, 0.2) is 34.0 Å². The van der Waals surface area contributed by atoms with Crippen molar-refractivity contribution in [2.24, 2.45) is 14.1 Å². The summed E-state index contributed by atoms with van der Waals surface area (Å²) in [5.74, 6) is -0.203. The molecule has 0 spiro atoms. The van der Waals surface area contributed by atoms with Crippen molar-refractivity contribution in [3.05, 3.63) is 55.8 Å². The molecule has 2 aromatic rings. The van der Waals surface area contributed by atoms with Crippen molar-refractivity contribution < 1.29 is 9.53 Å². The average molecular weight is 350 g/mol. The standard InChI is InChI=1S/C16H16ClN3O4/c1-19-8-12(15(22)20(2)16(19)23)18-14(21)10-5-6-24-13-4-3-9(17)7-11(10)13/h3-4,7-8,10H,5-6H2,1-2H3,(H,18,21)/t10-/m0/s1. The zero-order valence-electron chi connectivity index (χ0n) is 13.2. The number of carbonyl (C=O) groups is 1. The molecule has 1 atom stereocenters. The second kappa shape index (κ2) is 6.16. The van der Waals surface area contributed by atoms with Gasteiger partial charge in [0.1, 0.15) is 11.4 Å². The Morgan fingerprint density at radius 2 is 2.08 bits per heavy atom. The molecule has 1 amide bonds. The van der Waals surface area contributed by atoms with Gasteiger partial charge in [-0.3, -0.25) is 14.2 Å². The number of halogens is 1. The molecule has 3 rings (SSSR count). The lowest BCUT2D eigenvalue weighted by molar-refractivity contribution is -0.118. The zero-order valence-corrected chi connectivity index (χ0v) is 14.0. The molecule has 24 heavy (non-hydrogen) atoms. The van der Waals surface area contributed by atoms with Gasteiger partial charge in [-0.1, -0.05) is 11.6 Å². The van der Waals surface area contributed by atoms with Gasteiger partial charge in [0.05, 0.1) is 12.5 Å². The Bertz CT molecular complexity index is 932. The highest BCUT2D eigenvalue weighted by atomic mass is 35.5. The normalized spacial score (nSPS) is 16.2. The van der Waals surface area contributed by atoms with E-state index < -0.39 is 17.2 Å². The SMILES string of the molecule is Cn1cc(NC(=O)[C@H]2CCOc3ccc(Cl)cc32)c(=O)n(C)c1=O. The average Bonchev–Trinajstić information content (AvgIpc) is 2.57. The number of aryl methyl sites for hydroxylation is 1. The largest absolute Gasteiger partial charge is 0.493 e. The molecule has 0 aliphatic carbocycles. The lowest BCUT2D eigenvalue weighted by atomic mass is 9.92. The number of anilines is 1. The summed E-state index contributed by atoms with van der Waals surface area (Å²) < 4.78 is 7.73. The van der Waals surface area contributed by atoms with Crippen LogP contribution in [0.5, 0.6) is 5.75 Å². The maximum atomic E-state index is 12.7. The van der Waals surface area contributed by atoms with Crippen LogP contribution in [0.3, 0.4) is 0 Å². The minimum absolute atomic E-state index is 0.0552. The van der Waals surface area contributed by atoms with Crippen LogP contribution < -0.4 is 21.3 Å². The van der Waals surface area contributed by atoms with Gasteiger partial charge in [-0.2, -0.15) is 0 Å². The van der Waals surface area contributed by atoms with Gasteiger partial charge in [0, 0.05) is 30.9 Å². The Kier molecular flexibility index (Phi) is 4.19. The van der Waals surface area contributed by atoms with Gasteiger partial charge in [0.15, 0.2) is 0 Å². The highest BCUT2D eigenvalue weighted by Crippen LogP contribution is 2.36. The fourth-order valence-corrected chi connectivity index (χ4v) is 2.93. The molecule has 0 radical (unpaired) electrons. The molecule has 0 saturated carbocycles. The monoisotopic (exact) mass is 349 g/mol. The summed E-state index contributed by atoms with van der Waals surface area (Å²) in [6, 6.07) is 5.12. The molecule has 1 aromatic heterocycles. The van der Waals surface area contributed by atoms with Gasteiger partial charge in [-0.05, 0) is 24.6 Å². The Morgan fingerprint density at radius 1 is 1.33 bits per heavy atom. The van der Waals surface area contributed by atoms with Crippen LogP contribution in [0.25, 0.3) is 0 Å². The summed E-state index contributed by atoms with van der Waals surface area (Å²) in [7, 11) is 2.88. The first-order chi connectivity index (χ1) is 11.4. The van der Waals surface area contributed by atoms with E-state index in [-0.39, 0.29) is 11.6 Å². The Morgan fingerprint density at radius 3 is 2.83 bits per heavy atom. The predicted octanol–water partition coefficient (Wildman–Crippen LogP) is 1.24. The van der Waals surface area contributed by atoms with Crippen molar-refractivity contribution in [2.45, 2.75) is 12.3 Å². The van der Waals surface area contributed by atoms with E-state index in [1.165, 1.54) is 24.9 Å². The minimum atomic E-state index is -0.551. The number of amides is 1. The van der Waals surface area contributed by atoms with Crippen molar-refractivity contribution in [3.8, 4) is 5.75 Å². The fourth-order valence-electron chi connectivity index (χ4n) is 2.75. The molecule has 1 aromatic carbocycles. The highest BCUT2D eigenvalue weighted by molar-refractivity contribution is 6.30. The van der Waals surface area contributed by atoms with Crippen LogP contribution in [0, 0.1) is 0 Å². The number of nitrogens with zero attached hydrogens (tertiary/aromatic N) is 2. The van der Waals surface area contributed by atoms with Crippen LogP contribution >= 0.6 is 11.6 Å². The maximum Gasteiger partial charge on any atom is 0.330 e. The number of nitrogens with one attached hydrogen (secondary N) is 1. The number of benzene rings is 1. The third-order valence-corrected chi connectivity index (χ3v) is 4.27. The van der Waals surface area contributed by atoms with E-state index in [4.69, 9.17) is 16.3 Å². The van der Waals surface area contributed by atoms with Crippen LogP contribution in [-0.4, -0.2) is 21.6 Å². The summed E-state index contributed by atoms with van der Waals surface area (Å²) in [4.78, 5) is 36.5. The van der Waals surface area contributed by atoms with Gasteiger partial charge in [0.25, 0.3) is 5.56 Å². The van der Waals surface area contributed by atoms with Gasteiger partial charge < -0.3 is 14.6 Å². The second-order valence-electron chi connectivity index (χ2n) is 5.66. The summed E-state index contributed by atoms with van der Waals surface area (Å²) >= 11 is 6.01. The number of hydrogen-bond donors (Lipinski definition) is 1. The highest BCUT2D eigenvalue weighted by Gasteiger charge is 2.28. The molecule has 7 nitrogen and oxygen atoms in total. The van der Waals surface area contributed by atoms with E-state index in [1.54, 1.807) is 18.2 Å². The quantitative estimate of drug-likeness (QED) is 0.884. The first-order valence-corrected chi connectivity index (χ1v) is 7.76. The molecular weight excluding hydrogens is 334 g/mol. The molecule has 126 valence electrons. The molecule has 0 unspecified atom stereocenters. The second-order valence-corrected chi connectivity index (χ2v) is 6.10. The van der Waals surface area contributed by atoms with Gasteiger partial charge in [-0.15, -0.1) is 0 Å². The lowest BCUT2D eigenvalue weighted by Gasteiger charge is -2.25. The molecule has 8 heteroatoms. The van der Waals surface area contributed by atoms with Gasteiger partial charge in [-0.25, -0.2) is 4.79 Å². The molecule has 0 saturated heterocycles. The predicted molar refractivity (Wildman–Crippen MR) is 89.9 cm³/mol. The van der Waals surface area contributed by atoms with Crippen LogP contribution in [0.2, 0.25) is 5.02 Å². The number of aromatic nitrogens is 2. The number of hydrogen-bond acceptors (Lipinski definition) is 4. The smallest absolute Gasteiger partial charge is 0.330 e. The lowest BCUT2D eigenvalue weighted by Crippen LogP contribution is -2.39. The molecular formula is C16H16ClN3O4. The fraction of sp³-hybridized carbons (Fsp3) is 0.312. The first-order valence-electron chi connectivity index (χ1n) is 7.38. The Hall–Kier alpha value is -2.54. The van der Waals surface area contributed by atoms with E-state index in [0.717, 1.165) is 4.57 Å². The van der Waals surface area contributed by atoms with Crippen molar-refractivity contribution in [3.63, 3.8) is 0 Å². The first kappa shape index (κ1) is 16.3. The van der Waals surface area contributed by atoms with E-state index >= 15 is 0 Å². The Labute approximate surface area is 142 Å². The van der Waals surface area contributed by atoms with E-state index in [1.807, 2.05) is 0 Å². The number of rotatable bonds is 2. The third kappa shape index (κ3) is 2.82. The molecule has 0 bridgehead atoms. The molecule has 1 aliphatic rings. The van der Waals surface area contributed by atoms with Gasteiger partial charge in [0.2, 0.25) is 5.91 Å². The van der Waals surface area contributed by atoms with Crippen molar-refractivity contribution in [2.75, 3.05) is 11.9 Å². The third-order valence-electron chi connectivity index (χ3n) is 4.03. The van der Waals surface area contributed by atoms with Crippen molar-refractivity contribution in [1.82, 2.24) is 9.13 Å². The van der Waals surface area contributed by atoms with Crippen molar-refractivity contribution in [1.29, 1.82) is 0 Å². The van der Waals surface area contributed by atoms with Crippen LogP contribution in [0.4, 0.5) is 5.69 Å². The molecule has 1 aliphatic heterocycles.